The quantitative estimate of drug-likeness (QED) is 0.803. The SMILES string of the molecule is Cc1c(C(=O)O)cnn1CCC(=O)N(C)C. The molecule has 0 aromatic carbocycles. The van der Waals surface area contributed by atoms with Crippen LogP contribution in [0.2, 0.25) is 0 Å². The minimum Gasteiger partial charge on any atom is -0.478 e. The number of rotatable bonds is 4. The van der Waals surface area contributed by atoms with E-state index in [-0.39, 0.29) is 11.5 Å². The van der Waals surface area contributed by atoms with Crippen molar-refractivity contribution in [1.82, 2.24) is 14.7 Å². The largest absolute Gasteiger partial charge is 0.478 e. The molecule has 0 atom stereocenters. The molecule has 6 heteroatoms. The molecule has 6 nitrogen and oxygen atoms in total. The van der Waals surface area contributed by atoms with Crippen LogP contribution in [0.15, 0.2) is 6.20 Å². The Morgan fingerprint density at radius 1 is 1.50 bits per heavy atom. The second-order valence-electron chi connectivity index (χ2n) is 3.71. The summed E-state index contributed by atoms with van der Waals surface area (Å²) in [7, 11) is 3.36. The summed E-state index contributed by atoms with van der Waals surface area (Å²) in [6, 6.07) is 0. The van der Waals surface area contributed by atoms with Crippen LogP contribution in [0.1, 0.15) is 22.5 Å². The Morgan fingerprint density at radius 3 is 2.56 bits per heavy atom. The molecule has 0 aliphatic rings. The maximum absolute atomic E-state index is 11.3. The smallest absolute Gasteiger partial charge is 0.339 e. The second-order valence-corrected chi connectivity index (χ2v) is 3.71. The van der Waals surface area contributed by atoms with Gasteiger partial charge in [0.1, 0.15) is 5.56 Å². The molecule has 1 heterocycles. The molecule has 1 aromatic heterocycles. The fourth-order valence-corrected chi connectivity index (χ4v) is 1.31. The average Bonchev–Trinajstić information content (AvgIpc) is 2.56. The number of aromatic carboxylic acids is 1. The summed E-state index contributed by atoms with van der Waals surface area (Å²) >= 11 is 0. The van der Waals surface area contributed by atoms with E-state index >= 15 is 0 Å². The van der Waals surface area contributed by atoms with Crippen LogP contribution in [0.25, 0.3) is 0 Å². The van der Waals surface area contributed by atoms with E-state index in [4.69, 9.17) is 5.11 Å². The number of hydrogen-bond donors (Lipinski definition) is 1. The Balaban J connectivity index is 2.69. The molecule has 0 saturated heterocycles. The number of carbonyl (C=O) groups excluding carboxylic acids is 1. The van der Waals surface area contributed by atoms with Crippen molar-refractivity contribution in [2.45, 2.75) is 19.9 Å². The van der Waals surface area contributed by atoms with Crippen LogP contribution in [-0.2, 0) is 11.3 Å². The van der Waals surface area contributed by atoms with Crippen LogP contribution in [0, 0.1) is 6.92 Å². The number of carbonyl (C=O) groups is 2. The molecule has 88 valence electrons. The molecular weight excluding hydrogens is 210 g/mol. The van der Waals surface area contributed by atoms with Crippen LogP contribution in [0.4, 0.5) is 0 Å². The van der Waals surface area contributed by atoms with Gasteiger partial charge in [0.05, 0.1) is 6.20 Å². The lowest BCUT2D eigenvalue weighted by Gasteiger charge is -2.10. The molecule has 0 saturated carbocycles. The van der Waals surface area contributed by atoms with Crippen LogP contribution < -0.4 is 0 Å². The first-order chi connectivity index (χ1) is 7.43. The fraction of sp³-hybridized carbons (Fsp3) is 0.500. The van der Waals surface area contributed by atoms with Gasteiger partial charge in [0.25, 0.3) is 0 Å². The first-order valence-corrected chi connectivity index (χ1v) is 4.89. The summed E-state index contributed by atoms with van der Waals surface area (Å²) in [6.07, 6.45) is 1.62. The van der Waals surface area contributed by atoms with E-state index in [2.05, 4.69) is 5.10 Å². The molecule has 0 radical (unpaired) electrons. The van der Waals surface area contributed by atoms with Gasteiger partial charge in [-0.2, -0.15) is 5.10 Å². The van der Waals surface area contributed by atoms with Crippen molar-refractivity contribution in [1.29, 1.82) is 0 Å². The Bertz CT molecular complexity index is 409. The third-order valence-electron chi connectivity index (χ3n) is 2.37. The van der Waals surface area contributed by atoms with Crippen LogP contribution in [-0.4, -0.2) is 45.8 Å². The molecule has 1 aromatic rings. The molecule has 1 N–H and O–H groups in total. The van der Waals surface area contributed by atoms with Crippen molar-refractivity contribution in [3.8, 4) is 0 Å². The second kappa shape index (κ2) is 4.78. The zero-order valence-electron chi connectivity index (χ0n) is 9.60. The lowest BCUT2D eigenvalue weighted by molar-refractivity contribution is -0.128. The summed E-state index contributed by atoms with van der Waals surface area (Å²) in [4.78, 5) is 23.6. The maximum Gasteiger partial charge on any atom is 0.339 e. The standard InChI is InChI=1S/C10H15N3O3/c1-7-8(10(15)16)6-11-13(7)5-4-9(14)12(2)3/h6H,4-5H2,1-3H3,(H,15,16). The van der Waals surface area contributed by atoms with Crippen LogP contribution in [0.3, 0.4) is 0 Å². The van der Waals surface area contributed by atoms with E-state index in [0.29, 0.717) is 18.7 Å². The van der Waals surface area contributed by atoms with Gasteiger partial charge in [0.2, 0.25) is 5.91 Å². The number of carboxylic acids is 1. The highest BCUT2D eigenvalue weighted by atomic mass is 16.4. The number of amides is 1. The lowest BCUT2D eigenvalue weighted by atomic mass is 10.2. The molecule has 16 heavy (non-hydrogen) atoms. The van der Waals surface area contributed by atoms with Gasteiger partial charge in [-0.25, -0.2) is 4.79 Å². The van der Waals surface area contributed by atoms with Crippen molar-refractivity contribution in [2.75, 3.05) is 14.1 Å². The van der Waals surface area contributed by atoms with E-state index in [1.165, 1.54) is 15.8 Å². The van der Waals surface area contributed by atoms with Gasteiger partial charge in [0.15, 0.2) is 0 Å². The predicted molar refractivity (Wildman–Crippen MR) is 57.2 cm³/mol. The highest BCUT2D eigenvalue weighted by molar-refractivity contribution is 5.88. The van der Waals surface area contributed by atoms with Crippen LogP contribution in [0.5, 0.6) is 0 Å². The minimum atomic E-state index is -0.998. The maximum atomic E-state index is 11.3. The highest BCUT2D eigenvalue weighted by Gasteiger charge is 2.13. The topological polar surface area (TPSA) is 75.4 Å². The molecule has 0 bridgehead atoms. The van der Waals surface area contributed by atoms with Crippen LogP contribution >= 0.6 is 0 Å². The van der Waals surface area contributed by atoms with Gasteiger partial charge in [-0.3, -0.25) is 9.48 Å². The van der Waals surface area contributed by atoms with Crippen molar-refractivity contribution in [2.24, 2.45) is 0 Å². The number of aryl methyl sites for hydroxylation is 1. The summed E-state index contributed by atoms with van der Waals surface area (Å²) in [5, 5.41) is 12.7. The lowest BCUT2D eigenvalue weighted by Crippen LogP contribution is -2.23. The van der Waals surface area contributed by atoms with Crippen molar-refractivity contribution < 1.29 is 14.7 Å². The van der Waals surface area contributed by atoms with Crippen molar-refractivity contribution in [3.63, 3.8) is 0 Å². The molecular formula is C10H15N3O3. The summed E-state index contributed by atoms with van der Waals surface area (Å²) < 4.78 is 1.53. The Morgan fingerprint density at radius 2 is 2.12 bits per heavy atom. The third kappa shape index (κ3) is 2.59. The van der Waals surface area contributed by atoms with E-state index in [9.17, 15) is 9.59 Å². The predicted octanol–water partition coefficient (Wildman–Crippen LogP) is 0.368. The van der Waals surface area contributed by atoms with Gasteiger partial charge in [-0.05, 0) is 6.92 Å². The minimum absolute atomic E-state index is 0.00762. The number of hydrogen-bond acceptors (Lipinski definition) is 3. The van der Waals surface area contributed by atoms with E-state index in [0.717, 1.165) is 0 Å². The Hall–Kier alpha value is -1.85. The molecule has 1 rings (SSSR count). The zero-order valence-corrected chi connectivity index (χ0v) is 9.60. The summed E-state index contributed by atoms with van der Waals surface area (Å²) in [6.45, 7) is 2.08. The monoisotopic (exact) mass is 225 g/mol. The van der Waals surface area contributed by atoms with Crippen molar-refractivity contribution >= 4 is 11.9 Å². The highest BCUT2D eigenvalue weighted by Crippen LogP contribution is 2.07. The van der Waals surface area contributed by atoms with Gasteiger partial charge in [-0.1, -0.05) is 0 Å². The van der Waals surface area contributed by atoms with Gasteiger partial charge >= 0.3 is 5.97 Å². The molecule has 0 aliphatic heterocycles. The summed E-state index contributed by atoms with van der Waals surface area (Å²) in [5.41, 5.74) is 0.747. The Kier molecular flexibility index (Phi) is 3.65. The molecule has 0 aliphatic carbocycles. The van der Waals surface area contributed by atoms with Gasteiger partial charge in [0, 0.05) is 32.8 Å². The third-order valence-corrected chi connectivity index (χ3v) is 2.37. The Labute approximate surface area is 93.5 Å². The molecule has 0 fully saturated rings. The van der Waals surface area contributed by atoms with E-state index in [1.54, 1.807) is 21.0 Å². The average molecular weight is 225 g/mol. The van der Waals surface area contributed by atoms with E-state index in [1.807, 2.05) is 0 Å². The number of nitrogens with zero attached hydrogens (tertiary/aromatic N) is 3. The molecule has 0 unspecified atom stereocenters. The van der Waals surface area contributed by atoms with Gasteiger partial charge in [-0.15, -0.1) is 0 Å². The van der Waals surface area contributed by atoms with E-state index < -0.39 is 5.97 Å². The summed E-state index contributed by atoms with van der Waals surface area (Å²) in [5.74, 6) is -1.01. The fourth-order valence-electron chi connectivity index (χ4n) is 1.31. The number of carboxylic acid groups (broad SMARTS) is 1. The van der Waals surface area contributed by atoms with Crippen molar-refractivity contribution in [3.05, 3.63) is 17.5 Å². The van der Waals surface area contributed by atoms with Gasteiger partial charge < -0.3 is 10.0 Å². The number of aromatic nitrogens is 2. The zero-order chi connectivity index (χ0) is 12.3. The first kappa shape index (κ1) is 12.2. The molecule has 0 spiro atoms. The molecule has 1 amide bonds. The first-order valence-electron chi connectivity index (χ1n) is 4.89. The normalized spacial score (nSPS) is 10.2.